The number of rotatable bonds is 4. The summed E-state index contributed by atoms with van der Waals surface area (Å²) in [5, 5.41) is 12.0. The summed E-state index contributed by atoms with van der Waals surface area (Å²) in [5.41, 5.74) is 0. The molecule has 0 atom stereocenters. The Hall–Kier alpha value is -1.21. The van der Waals surface area contributed by atoms with E-state index in [2.05, 4.69) is 20.4 Å². The Labute approximate surface area is 129 Å². The predicted octanol–water partition coefficient (Wildman–Crippen LogP) is 1.53. The molecule has 0 saturated carbocycles. The zero-order valence-electron chi connectivity index (χ0n) is 12.5. The van der Waals surface area contributed by atoms with Crippen molar-refractivity contribution in [2.75, 3.05) is 45.1 Å². The van der Waals surface area contributed by atoms with E-state index in [0.29, 0.717) is 10.1 Å². The maximum absolute atomic E-state index is 12.4. The van der Waals surface area contributed by atoms with E-state index in [1.807, 2.05) is 4.90 Å². The number of nitrogens with one attached hydrogen (secondary N) is 1. The van der Waals surface area contributed by atoms with Gasteiger partial charge in [0.15, 0.2) is 0 Å². The minimum atomic E-state index is 0.0358. The first-order valence-electron chi connectivity index (χ1n) is 7.79. The second-order valence-electron chi connectivity index (χ2n) is 5.91. The molecule has 116 valence electrons. The third-order valence-electron chi connectivity index (χ3n) is 4.44. The maximum Gasteiger partial charge on any atom is 0.284 e. The summed E-state index contributed by atoms with van der Waals surface area (Å²) in [6.07, 6.45) is 4.92. The molecule has 3 heterocycles. The molecule has 0 aromatic carbocycles. The van der Waals surface area contributed by atoms with Crippen molar-refractivity contribution < 1.29 is 4.79 Å². The zero-order valence-corrected chi connectivity index (χ0v) is 13.4. The lowest BCUT2D eigenvalue weighted by Gasteiger charge is -2.33. The molecule has 21 heavy (non-hydrogen) atoms. The fourth-order valence-electron chi connectivity index (χ4n) is 3.19. The monoisotopic (exact) mass is 309 g/mol. The highest BCUT2D eigenvalue weighted by molar-refractivity contribution is 7.17. The fourth-order valence-corrected chi connectivity index (χ4v) is 3.86. The summed E-state index contributed by atoms with van der Waals surface area (Å²) in [6.45, 7) is 5.44. The molecule has 2 fully saturated rings. The standard InChI is InChI=1S/C14H23N5OS/c1-15-14-17-16-12(21-14)13(20)19-8-4-11(5-9-19)10-18-6-2-3-7-18/h11H,2-10H2,1H3,(H,15,17). The van der Waals surface area contributed by atoms with Gasteiger partial charge in [-0.05, 0) is 44.7 Å². The SMILES string of the molecule is CNc1nnc(C(=O)N2CCC(CN3CCCC3)CC2)s1. The molecule has 2 saturated heterocycles. The molecule has 1 N–H and O–H groups in total. The van der Waals surface area contributed by atoms with Crippen molar-refractivity contribution >= 4 is 22.4 Å². The molecule has 1 aromatic heterocycles. The summed E-state index contributed by atoms with van der Waals surface area (Å²) in [6, 6.07) is 0. The van der Waals surface area contributed by atoms with Gasteiger partial charge in [-0.25, -0.2) is 0 Å². The van der Waals surface area contributed by atoms with Gasteiger partial charge in [0.05, 0.1) is 0 Å². The van der Waals surface area contributed by atoms with Crippen LogP contribution in [0.15, 0.2) is 0 Å². The maximum atomic E-state index is 12.4. The average Bonchev–Trinajstić information content (AvgIpc) is 3.18. The normalized spacial score (nSPS) is 20.9. The molecule has 0 radical (unpaired) electrons. The second-order valence-corrected chi connectivity index (χ2v) is 6.88. The molecule has 1 aromatic rings. The van der Waals surface area contributed by atoms with Crippen molar-refractivity contribution in [3.63, 3.8) is 0 Å². The molecule has 0 bridgehead atoms. The third-order valence-corrected chi connectivity index (χ3v) is 5.37. The molecule has 6 nitrogen and oxygen atoms in total. The smallest absolute Gasteiger partial charge is 0.284 e. The lowest BCUT2D eigenvalue weighted by molar-refractivity contribution is 0.0671. The minimum Gasteiger partial charge on any atom is -0.363 e. The van der Waals surface area contributed by atoms with E-state index >= 15 is 0 Å². The highest BCUT2D eigenvalue weighted by Gasteiger charge is 2.27. The van der Waals surface area contributed by atoms with Gasteiger partial charge in [0.2, 0.25) is 10.1 Å². The number of piperidine rings is 1. The van der Waals surface area contributed by atoms with E-state index in [9.17, 15) is 4.79 Å². The number of aromatic nitrogens is 2. The highest BCUT2D eigenvalue weighted by Crippen LogP contribution is 2.23. The van der Waals surface area contributed by atoms with Gasteiger partial charge in [-0.1, -0.05) is 11.3 Å². The molecule has 2 aliphatic heterocycles. The van der Waals surface area contributed by atoms with Crippen molar-refractivity contribution in [3.05, 3.63) is 5.01 Å². The van der Waals surface area contributed by atoms with E-state index in [0.717, 1.165) is 31.8 Å². The Morgan fingerprint density at radius 3 is 2.57 bits per heavy atom. The van der Waals surface area contributed by atoms with E-state index in [1.165, 1.54) is 43.8 Å². The molecule has 0 aliphatic carbocycles. The van der Waals surface area contributed by atoms with Crippen molar-refractivity contribution in [3.8, 4) is 0 Å². The van der Waals surface area contributed by atoms with E-state index in [4.69, 9.17) is 0 Å². The summed E-state index contributed by atoms with van der Waals surface area (Å²) < 4.78 is 0. The molecular weight excluding hydrogens is 286 g/mol. The van der Waals surface area contributed by atoms with Gasteiger partial charge < -0.3 is 15.1 Å². The molecule has 1 amide bonds. The lowest BCUT2D eigenvalue weighted by Crippen LogP contribution is -2.41. The van der Waals surface area contributed by atoms with Gasteiger partial charge >= 0.3 is 0 Å². The van der Waals surface area contributed by atoms with Gasteiger partial charge in [0.25, 0.3) is 5.91 Å². The Morgan fingerprint density at radius 1 is 1.24 bits per heavy atom. The number of carbonyl (C=O) groups is 1. The van der Waals surface area contributed by atoms with Crippen LogP contribution >= 0.6 is 11.3 Å². The molecule has 2 aliphatic rings. The molecular formula is C14H23N5OS. The minimum absolute atomic E-state index is 0.0358. The number of hydrogen-bond acceptors (Lipinski definition) is 6. The van der Waals surface area contributed by atoms with Gasteiger partial charge in [-0.3, -0.25) is 4.79 Å². The largest absolute Gasteiger partial charge is 0.363 e. The first-order valence-corrected chi connectivity index (χ1v) is 8.61. The van der Waals surface area contributed by atoms with Crippen LogP contribution in [0.25, 0.3) is 0 Å². The van der Waals surface area contributed by atoms with Crippen molar-refractivity contribution in [2.24, 2.45) is 5.92 Å². The summed E-state index contributed by atoms with van der Waals surface area (Å²) >= 11 is 1.33. The van der Waals surface area contributed by atoms with Gasteiger partial charge in [-0.15, -0.1) is 10.2 Å². The van der Waals surface area contributed by atoms with Gasteiger partial charge in [0.1, 0.15) is 0 Å². The Morgan fingerprint density at radius 2 is 1.95 bits per heavy atom. The number of amides is 1. The number of hydrogen-bond donors (Lipinski definition) is 1. The molecule has 3 rings (SSSR count). The van der Waals surface area contributed by atoms with E-state index in [-0.39, 0.29) is 5.91 Å². The first kappa shape index (κ1) is 14.7. The molecule has 0 unspecified atom stereocenters. The van der Waals surface area contributed by atoms with Gasteiger partial charge in [-0.2, -0.15) is 0 Å². The van der Waals surface area contributed by atoms with Crippen LogP contribution in [0.3, 0.4) is 0 Å². The fraction of sp³-hybridized carbons (Fsp3) is 0.786. The van der Waals surface area contributed by atoms with Crippen LogP contribution in [0, 0.1) is 5.92 Å². The zero-order chi connectivity index (χ0) is 14.7. The molecule has 0 spiro atoms. The van der Waals surface area contributed by atoms with Crippen molar-refractivity contribution in [2.45, 2.75) is 25.7 Å². The Bertz CT molecular complexity index is 477. The van der Waals surface area contributed by atoms with E-state index < -0.39 is 0 Å². The van der Waals surface area contributed by atoms with Crippen LogP contribution in [0.5, 0.6) is 0 Å². The summed E-state index contributed by atoms with van der Waals surface area (Å²) in [5.74, 6) is 0.781. The predicted molar refractivity (Wildman–Crippen MR) is 83.8 cm³/mol. The number of carbonyl (C=O) groups excluding carboxylic acids is 1. The van der Waals surface area contributed by atoms with Crippen LogP contribution in [0.1, 0.15) is 35.5 Å². The van der Waals surface area contributed by atoms with Crippen molar-refractivity contribution in [1.82, 2.24) is 20.0 Å². The third kappa shape index (κ3) is 3.52. The number of anilines is 1. The van der Waals surface area contributed by atoms with Crippen LogP contribution in [-0.2, 0) is 0 Å². The quantitative estimate of drug-likeness (QED) is 0.914. The summed E-state index contributed by atoms with van der Waals surface area (Å²) in [7, 11) is 1.79. The Kier molecular flexibility index (Phi) is 4.70. The topological polar surface area (TPSA) is 61.4 Å². The van der Waals surface area contributed by atoms with Crippen LogP contribution < -0.4 is 5.32 Å². The Balaban J connectivity index is 1.49. The lowest BCUT2D eigenvalue weighted by atomic mass is 9.96. The van der Waals surface area contributed by atoms with Crippen LogP contribution in [0.2, 0.25) is 0 Å². The first-order chi connectivity index (χ1) is 10.3. The average molecular weight is 309 g/mol. The van der Waals surface area contributed by atoms with Crippen LogP contribution in [0.4, 0.5) is 5.13 Å². The molecule has 7 heteroatoms. The highest BCUT2D eigenvalue weighted by atomic mass is 32.1. The summed E-state index contributed by atoms with van der Waals surface area (Å²) in [4.78, 5) is 16.9. The van der Waals surface area contributed by atoms with Crippen LogP contribution in [-0.4, -0.2) is 65.7 Å². The van der Waals surface area contributed by atoms with Crippen molar-refractivity contribution in [1.29, 1.82) is 0 Å². The second kappa shape index (κ2) is 6.70. The van der Waals surface area contributed by atoms with Gasteiger partial charge in [0, 0.05) is 26.7 Å². The number of likely N-dealkylation sites (tertiary alicyclic amines) is 2. The van der Waals surface area contributed by atoms with E-state index in [1.54, 1.807) is 7.05 Å². The number of nitrogens with zero attached hydrogens (tertiary/aromatic N) is 4.